The number of aryl methyl sites for hydroxylation is 1. The van der Waals surface area contributed by atoms with E-state index in [4.69, 9.17) is 0 Å². The van der Waals surface area contributed by atoms with E-state index in [-0.39, 0.29) is 5.91 Å². The first kappa shape index (κ1) is 13.9. The van der Waals surface area contributed by atoms with E-state index in [1.165, 1.54) is 31.0 Å². The van der Waals surface area contributed by atoms with E-state index in [2.05, 4.69) is 17.2 Å². The highest BCUT2D eigenvalue weighted by Gasteiger charge is 2.22. The van der Waals surface area contributed by atoms with Crippen molar-refractivity contribution >= 4 is 29.0 Å². The van der Waals surface area contributed by atoms with Crippen molar-refractivity contribution in [2.45, 2.75) is 49.9 Å². The predicted octanol–water partition coefficient (Wildman–Crippen LogP) is 3.24. The minimum absolute atomic E-state index is 0.145. The van der Waals surface area contributed by atoms with Gasteiger partial charge in [-0.15, -0.1) is 11.3 Å². The van der Waals surface area contributed by atoms with Crippen LogP contribution in [0.15, 0.2) is 9.72 Å². The molecular formula is C13H20N2OS2. The Labute approximate surface area is 117 Å². The molecule has 1 aromatic heterocycles. The number of thiazole rings is 1. The lowest BCUT2D eigenvalue weighted by molar-refractivity contribution is -0.119. The fraction of sp³-hybridized carbons (Fsp3) is 0.692. The number of nitrogens with one attached hydrogen (secondary N) is 1. The standard InChI is InChI=1S/C13H20N2OS2/c1-9-5-3-4-6-11(9)15-12(16)8-18-13-14-10(2)7-17-13/h7,9,11H,3-6,8H2,1-2H3,(H,15,16)/t9-,11+/m0/s1. The Morgan fingerprint density at radius 2 is 2.33 bits per heavy atom. The van der Waals surface area contributed by atoms with Crippen LogP contribution in [-0.2, 0) is 4.79 Å². The molecule has 0 radical (unpaired) electrons. The van der Waals surface area contributed by atoms with Gasteiger partial charge >= 0.3 is 0 Å². The third-order valence-electron chi connectivity index (χ3n) is 3.38. The second-order valence-corrected chi connectivity index (χ2v) is 7.06. The first-order valence-electron chi connectivity index (χ1n) is 6.49. The Balaban J connectivity index is 1.74. The van der Waals surface area contributed by atoms with Gasteiger partial charge in [0.1, 0.15) is 0 Å². The van der Waals surface area contributed by atoms with Crippen molar-refractivity contribution in [1.29, 1.82) is 0 Å². The van der Waals surface area contributed by atoms with Gasteiger partial charge in [-0.2, -0.15) is 0 Å². The molecule has 100 valence electrons. The molecule has 1 aromatic rings. The largest absolute Gasteiger partial charge is 0.352 e. The summed E-state index contributed by atoms with van der Waals surface area (Å²) in [6.07, 6.45) is 4.92. The monoisotopic (exact) mass is 284 g/mol. The van der Waals surface area contributed by atoms with Gasteiger partial charge in [0.15, 0.2) is 4.34 Å². The Morgan fingerprint density at radius 1 is 1.56 bits per heavy atom. The van der Waals surface area contributed by atoms with Gasteiger partial charge in [0.2, 0.25) is 5.91 Å². The fourth-order valence-corrected chi connectivity index (χ4v) is 3.97. The van der Waals surface area contributed by atoms with Gasteiger partial charge in [-0.1, -0.05) is 31.5 Å². The predicted molar refractivity (Wildman–Crippen MR) is 77.1 cm³/mol. The molecule has 3 nitrogen and oxygen atoms in total. The van der Waals surface area contributed by atoms with E-state index >= 15 is 0 Å². The number of carbonyl (C=O) groups excluding carboxylic acids is 1. The minimum Gasteiger partial charge on any atom is -0.352 e. The first-order chi connectivity index (χ1) is 8.65. The highest BCUT2D eigenvalue weighted by Crippen LogP contribution is 2.25. The van der Waals surface area contributed by atoms with E-state index in [1.54, 1.807) is 11.3 Å². The van der Waals surface area contributed by atoms with Crippen molar-refractivity contribution in [1.82, 2.24) is 10.3 Å². The third kappa shape index (κ3) is 3.99. The number of amides is 1. The molecule has 1 fully saturated rings. The van der Waals surface area contributed by atoms with E-state index in [0.717, 1.165) is 16.5 Å². The van der Waals surface area contributed by atoms with Gasteiger partial charge < -0.3 is 5.32 Å². The number of aromatic nitrogens is 1. The minimum atomic E-state index is 0.145. The number of rotatable bonds is 4. The molecule has 1 saturated carbocycles. The molecule has 0 aromatic carbocycles. The van der Waals surface area contributed by atoms with Crippen LogP contribution in [0.4, 0.5) is 0 Å². The maximum atomic E-state index is 11.9. The van der Waals surface area contributed by atoms with Crippen LogP contribution in [0.3, 0.4) is 0 Å². The zero-order valence-corrected chi connectivity index (χ0v) is 12.6. The maximum Gasteiger partial charge on any atom is 0.230 e. The van der Waals surface area contributed by atoms with E-state index in [9.17, 15) is 4.79 Å². The molecule has 1 amide bonds. The zero-order chi connectivity index (χ0) is 13.0. The summed E-state index contributed by atoms with van der Waals surface area (Å²) < 4.78 is 0.986. The van der Waals surface area contributed by atoms with Crippen LogP contribution >= 0.6 is 23.1 Å². The smallest absolute Gasteiger partial charge is 0.230 e. The van der Waals surface area contributed by atoms with Crippen LogP contribution in [0.2, 0.25) is 0 Å². The molecule has 1 heterocycles. The van der Waals surface area contributed by atoms with E-state index < -0.39 is 0 Å². The highest BCUT2D eigenvalue weighted by molar-refractivity contribution is 8.01. The van der Waals surface area contributed by atoms with Gasteiger partial charge in [-0.3, -0.25) is 4.79 Å². The summed E-state index contributed by atoms with van der Waals surface area (Å²) in [5.74, 6) is 1.25. The summed E-state index contributed by atoms with van der Waals surface area (Å²) in [5.41, 5.74) is 1.03. The summed E-state index contributed by atoms with van der Waals surface area (Å²) in [6.45, 7) is 4.21. The summed E-state index contributed by atoms with van der Waals surface area (Å²) in [4.78, 5) is 16.2. The lowest BCUT2D eigenvalue weighted by Gasteiger charge is -2.29. The molecule has 2 atom stereocenters. The first-order valence-corrected chi connectivity index (χ1v) is 8.36. The molecule has 0 unspecified atom stereocenters. The third-order valence-corrected chi connectivity index (χ3v) is 5.52. The number of nitrogens with zero attached hydrogens (tertiary/aromatic N) is 1. The van der Waals surface area contributed by atoms with Gasteiger partial charge in [0.05, 0.1) is 5.75 Å². The van der Waals surface area contributed by atoms with Crippen LogP contribution in [0.5, 0.6) is 0 Å². The van der Waals surface area contributed by atoms with Crippen LogP contribution < -0.4 is 5.32 Å². The Bertz CT molecular complexity index is 405. The lowest BCUT2D eigenvalue weighted by Crippen LogP contribution is -2.41. The number of hydrogen-bond donors (Lipinski definition) is 1. The molecule has 1 aliphatic carbocycles. The fourth-order valence-electron chi connectivity index (χ4n) is 2.31. The Hall–Kier alpha value is -0.550. The van der Waals surface area contributed by atoms with Gasteiger partial charge in [0.25, 0.3) is 0 Å². The SMILES string of the molecule is Cc1csc(SCC(=O)N[C@@H]2CCCC[C@@H]2C)n1. The van der Waals surface area contributed by atoms with Gasteiger partial charge in [0, 0.05) is 17.1 Å². The second kappa shape index (κ2) is 6.57. The molecule has 1 N–H and O–H groups in total. The average Bonchev–Trinajstić information content (AvgIpc) is 2.76. The normalized spacial score (nSPS) is 23.9. The Kier molecular flexibility index (Phi) is 5.06. The maximum absolute atomic E-state index is 11.9. The highest BCUT2D eigenvalue weighted by atomic mass is 32.2. The number of carbonyl (C=O) groups is 1. The summed E-state index contributed by atoms with van der Waals surface area (Å²) >= 11 is 3.14. The molecule has 5 heteroatoms. The summed E-state index contributed by atoms with van der Waals surface area (Å²) in [6, 6.07) is 0.380. The molecule has 18 heavy (non-hydrogen) atoms. The molecule has 0 spiro atoms. The summed E-state index contributed by atoms with van der Waals surface area (Å²) in [5, 5.41) is 5.18. The van der Waals surface area contributed by atoms with Crippen molar-refractivity contribution < 1.29 is 4.79 Å². The van der Waals surface area contributed by atoms with Crippen LogP contribution in [0.25, 0.3) is 0 Å². The summed E-state index contributed by atoms with van der Waals surface area (Å²) in [7, 11) is 0. The van der Waals surface area contributed by atoms with E-state index in [1.807, 2.05) is 12.3 Å². The van der Waals surface area contributed by atoms with Gasteiger partial charge in [-0.05, 0) is 25.7 Å². The lowest BCUT2D eigenvalue weighted by atomic mass is 9.86. The quantitative estimate of drug-likeness (QED) is 0.863. The van der Waals surface area contributed by atoms with E-state index in [0.29, 0.717) is 17.7 Å². The van der Waals surface area contributed by atoms with Crippen LogP contribution in [-0.4, -0.2) is 22.7 Å². The van der Waals surface area contributed by atoms with Crippen molar-refractivity contribution in [3.05, 3.63) is 11.1 Å². The molecule has 0 saturated heterocycles. The zero-order valence-electron chi connectivity index (χ0n) is 10.9. The molecule has 0 bridgehead atoms. The van der Waals surface area contributed by atoms with Crippen LogP contribution in [0.1, 0.15) is 38.3 Å². The molecule has 1 aliphatic rings. The van der Waals surface area contributed by atoms with Crippen molar-refractivity contribution in [3.63, 3.8) is 0 Å². The number of hydrogen-bond acceptors (Lipinski definition) is 4. The van der Waals surface area contributed by atoms with Crippen molar-refractivity contribution in [3.8, 4) is 0 Å². The number of thioether (sulfide) groups is 1. The molecule has 0 aliphatic heterocycles. The molecular weight excluding hydrogens is 264 g/mol. The van der Waals surface area contributed by atoms with Crippen molar-refractivity contribution in [2.75, 3.05) is 5.75 Å². The van der Waals surface area contributed by atoms with Crippen molar-refractivity contribution in [2.24, 2.45) is 5.92 Å². The average molecular weight is 284 g/mol. The molecule has 2 rings (SSSR count). The topological polar surface area (TPSA) is 42.0 Å². The Morgan fingerprint density at radius 3 is 3.00 bits per heavy atom. The van der Waals surface area contributed by atoms with Crippen LogP contribution in [0, 0.1) is 12.8 Å². The second-order valence-electron chi connectivity index (χ2n) is 4.98. The van der Waals surface area contributed by atoms with Gasteiger partial charge in [-0.25, -0.2) is 4.98 Å².